The number of hydrogen-bond acceptors (Lipinski definition) is 9. The molecule has 6 rings (SSSR count). The Balaban J connectivity index is 1.34. The van der Waals surface area contributed by atoms with Crippen molar-refractivity contribution in [2.75, 3.05) is 13.2 Å². The average Bonchev–Trinajstić information content (AvgIpc) is 3.69. The van der Waals surface area contributed by atoms with Crippen LogP contribution in [0.4, 0.5) is 4.79 Å². The van der Waals surface area contributed by atoms with E-state index in [-0.39, 0.29) is 25.5 Å². The van der Waals surface area contributed by atoms with E-state index in [1.54, 1.807) is 13.1 Å². The van der Waals surface area contributed by atoms with Crippen molar-refractivity contribution in [1.82, 2.24) is 25.2 Å². The number of carbonyl (C=O) groups excluding carboxylic acids is 4. The number of rotatable bonds is 8. The first kappa shape index (κ1) is 37.3. The van der Waals surface area contributed by atoms with E-state index in [0.29, 0.717) is 38.0 Å². The zero-order chi connectivity index (χ0) is 37.2. The zero-order valence-corrected chi connectivity index (χ0v) is 30.8. The second kappa shape index (κ2) is 15.3. The second-order valence-electron chi connectivity index (χ2n) is 15.4. The number of ether oxygens (including phenoxy) is 2. The summed E-state index contributed by atoms with van der Waals surface area (Å²) in [7, 11) is -3.89. The maximum Gasteiger partial charge on any atom is 0.407 e. The third kappa shape index (κ3) is 8.59. The number of nitrogens with zero attached hydrogens (tertiary/aromatic N) is 2. The van der Waals surface area contributed by atoms with Crippen LogP contribution in [-0.4, -0.2) is 84.7 Å². The number of cyclic esters (lactones) is 1. The molecule has 3 N–H and O–H groups in total. The molecule has 3 heterocycles. The largest absolute Gasteiger partial charge is 0.472 e. The standard InChI is InChI=1S/C38H49N5O8S/c1-5-23(2)31(34(45)42-52(48,49)28-14-15-28)40-33(44)30-20-27-21-43(30)36(46)32(26-10-6-7-11-26)41-37(47)50-22-38(3,4)17-8-9-24-12-13-25-16-18-39-35(51-27)29(25)19-24/h5,8-9,12-13,16,18-19,23,26-28,30-32H,1,6-7,10-11,14-15,17,20-22H2,2-4H3,(H,40,44)(H,41,47)(H,42,45)/b9-8+/t23-,27+,30-,31?,32-/m0/s1. The molecule has 14 heteroatoms. The lowest BCUT2D eigenvalue weighted by Crippen LogP contribution is -2.58. The third-order valence-corrected chi connectivity index (χ3v) is 12.4. The number of amides is 4. The fraction of sp³-hybridized carbons (Fsp3) is 0.553. The molecular formula is C38H49N5O8S. The van der Waals surface area contributed by atoms with Crippen molar-refractivity contribution in [3.63, 3.8) is 0 Å². The van der Waals surface area contributed by atoms with Gasteiger partial charge in [0.2, 0.25) is 27.7 Å². The van der Waals surface area contributed by atoms with Crippen LogP contribution in [0.1, 0.15) is 77.7 Å². The first-order valence-corrected chi connectivity index (χ1v) is 19.7. The van der Waals surface area contributed by atoms with Crippen molar-refractivity contribution in [1.29, 1.82) is 0 Å². The molecule has 1 aromatic heterocycles. The van der Waals surface area contributed by atoms with Gasteiger partial charge in [0.25, 0.3) is 5.91 Å². The van der Waals surface area contributed by atoms with Gasteiger partial charge in [-0.3, -0.25) is 19.1 Å². The van der Waals surface area contributed by atoms with Crippen molar-refractivity contribution < 1.29 is 37.1 Å². The maximum absolute atomic E-state index is 14.6. The molecule has 1 unspecified atom stereocenters. The lowest BCUT2D eigenvalue weighted by molar-refractivity contribution is -0.141. The summed E-state index contributed by atoms with van der Waals surface area (Å²) >= 11 is 0. The summed E-state index contributed by atoms with van der Waals surface area (Å²) in [5.41, 5.74) is 0.526. The quantitative estimate of drug-likeness (QED) is 0.336. The van der Waals surface area contributed by atoms with Gasteiger partial charge in [-0.25, -0.2) is 18.2 Å². The van der Waals surface area contributed by atoms with Crippen LogP contribution >= 0.6 is 0 Å². The maximum atomic E-state index is 14.6. The van der Waals surface area contributed by atoms with Gasteiger partial charge in [0.1, 0.15) is 24.2 Å². The summed E-state index contributed by atoms with van der Waals surface area (Å²) in [6, 6.07) is 4.47. The van der Waals surface area contributed by atoms with E-state index in [0.717, 1.165) is 29.2 Å². The Morgan fingerprint density at radius 1 is 1.13 bits per heavy atom. The van der Waals surface area contributed by atoms with E-state index >= 15 is 0 Å². The van der Waals surface area contributed by atoms with E-state index in [2.05, 4.69) is 26.9 Å². The molecule has 1 saturated heterocycles. The van der Waals surface area contributed by atoms with E-state index in [9.17, 15) is 27.6 Å². The van der Waals surface area contributed by atoms with Crippen molar-refractivity contribution >= 4 is 50.7 Å². The van der Waals surface area contributed by atoms with Crippen molar-refractivity contribution in [2.45, 2.75) is 102 Å². The average molecular weight is 736 g/mol. The van der Waals surface area contributed by atoms with E-state index in [4.69, 9.17) is 9.47 Å². The summed E-state index contributed by atoms with van der Waals surface area (Å²) < 4.78 is 39.6. The summed E-state index contributed by atoms with van der Waals surface area (Å²) in [4.78, 5) is 61.4. The number of fused-ring (bicyclic) bond motifs is 3. The van der Waals surface area contributed by atoms with Crippen LogP contribution in [0.2, 0.25) is 0 Å². The van der Waals surface area contributed by atoms with Gasteiger partial charge in [-0.2, -0.15) is 0 Å². The van der Waals surface area contributed by atoms with Crippen molar-refractivity contribution in [2.24, 2.45) is 17.3 Å². The van der Waals surface area contributed by atoms with Crippen LogP contribution in [0.15, 0.2) is 49.2 Å². The molecule has 13 nitrogen and oxygen atoms in total. The molecule has 2 aliphatic carbocycles. The van der Waals surface area contributed by atoms with Gasteiger partial charge in [-0.1, -0.05) is 64.0 Å². The van der Waals surface area contributed by atoms with Gasteiger partial charge < -0.3 is 25.0 Å². The predicted molar refractivity (Wildman–Crippen MR) is 195 cm³/mol. The fourth-order valence-electron chi connectivity index (χ4n) is 7.23. The van der Waals surface area contributed by atoms with Crippen LogP contribution < -0.4 is 20.1 Å². The van der Waals surface area contributed by atoms with Crippen LogP contribution in [0.3, 0.4) is 0 Å². The molecule has 3 fully saturated rings. The van der Waals surface area contributed by atoms with Crippen LogP contribution in [0, 0.1) is 17.3 Å². The minimum atomic E-state index is -3.89. The molecule has 52 heavy (non-hydrogen) atoms. The van der Waals surface area contributed by atoms with Crippen molar-refractivity contribution in [3.05, 3.63) is 54.8 Å². The molecule has 2 aromatic rings. The summed E-state index contributed by atoms with van der Waals surface area (Å²) in [5.74, 6) is -2.46. The summed E-state index contributed by atoms with van der Waals surface area (Å²) in [6.45, 7) is 9.51. The minimum Gasteiger partial charge on any atom is -0.472 e. The Bertz CT molecular complexity index is 1850. The Labute approximate surface area is 305 Å². The number of aromatic nitrogens is 1. The molecule has 2 aliphatic heterocycles. The van der Waals surface area contributed by atoms with Crippen LogP contribution in [0.5, 0.6) is 5.88 Å². The molecule has 1 aromatic carbocycles. The molecule has 4 aliphatic rings. The number of alkyl carbamates (subject to hydrolysis) is 1. The number of hydrogen-bond donors (Lipinski definition) is 3. The van der Waals surface area contributed by atoms with Gasteiger partial charge in [0.15, 0.2) is 0 Å². The molecule has 0 spiro atoms. The lowest BCUT2D eigenvalue weighted by Gasteiger charge is -2.32. The highest BCUT2D eigenvalue weighted by Crippen LogP contribution is 2.34. The van der Waals surface area contributed by atoms with Gasteiger partial charge in [-0.05, 0) is 61.1 Å². The number of benzene rings is 1. The minimum absolute atomic E-state index is 0.00545. The molecule has 5 atom stereocenters. The molecule has 4 amide bonds. The SMILES string of the molecule is C=C[C@H](C)C(NC(=O)[C@@H]1C[C@@H]2CN1C(=O)[C@H](C1CCCC1)NC(=O)OCC(C)(C)C/C=C/c1ccc3ccnc(c3c1)O2)C(=O)NS(=O)(=O)C1CC1. The Morgan fingerprint density at radius 2 is 1.88 bits per heavy atom. The zero-order valence-electron chi connectivity index (χ0n) is 30.0. The highest BCUT2D eigenvalue weighted by atomic mass is 32.2. The topological polar surface area (TPSA) is 173 Å². The lowest BCUT2D eigenvalue weighted by atomic mass is 9.90. The van der Waals surface area contributed by atoms with Crippen LogP contribution in [0.25, 0.3) is 16.8 Å². The van der Waals surface area contributed by atoms with Gasteiger partial charge >= 0.3 is 6.09 Å². The van der Waals surface area contributed by atoms with E-state index < -0.39 is 74.7 Å². The highest BCUT2D eigenvalue weighted by Gasteiger charge is 2.47. The van der Waals surface area contributed by atoms with Crippen molar-refractivity contribution in [3.8, 4) is 5.88 Å². The predicted octanol–water partition coefficient (Wildman–Crippen LogP) is 4.23. The Kier molecular flexibility index (Phi) is 10.9. The molecule has 0 radical (unpaired) electrons. The Hall–Kier alpha value is -4.46. The second-order valence-corrected chi connectivity index (χ2v) is 17.3. The summed E-state index contributed by atoms with van der Waals surface area (Å²) in [5, 5.41) is 6.60. The number of sulfonamides is 1. The fourth-order valence-corrected chi connectivity index (χ4v) is 8.56. The molecule has 2 saturated carbocycles. The van der Waals surface area contributed by atoms with E-state index in [1.165, 1.54) is 11.0 Å². The van der Waals surface area contributed by atoms with Gasteiger partial charge in [0, 0.05) is 29.3 Å². The molecule has 4 bridgehead atoms. The first-order chi connectivity index (χ1) is 24.7. The molecule has 280 valence electrons. The first-order valence-electron chi connectivity index (χ1n) is 18.2. The number of allylic oxidation sites excluding steroid dienone is 1. The normalized spacial score (nSPS) is 25.9. The van der Waals surface area contributed by atoms with E-state index in [1.807, 2.05) is 50.3 Å². The number of carbonyl (C=O) groups is 4. The number of nitrogens with one attached hydrogen (secondary N) is 3. The summed E-state index contributed by atoms with van der Waals surface area (Å²) in [6.07, 6.45) is 10.6. The Morgan fingerprint density at radius 3 is 2.60 bits per heavy atom. The third-order valence-electron chi connectivity index (χ3n) is 10.5. The molecular weight excluding hydrogens is 687 g/mol. The number of pyridine rings is 1. The highest BCUT2D eigenvalue weighted by molar-refractivity contribution is 7.90. The van der Waals surface area contributed by atoms with Gasteiger partial charge in [-0.15, -0.1) is 6.58 Å². The smallest absolute Gasteiger partial charge is 0.407 e. The van der Waals surface area contributed by atoms with Crippen LogP contribution in [-0.2, 0) is 29.1 Å². The van der Waals surface area contributed by atoms with Gasteiger partial charge in [0.05, 0.1) is 18.4 Å². The monoisotopic (exact) mass is 735 g/mol.